The van der Waals surface area contributed by atoms with Gasteiger partial charge in [-0.1, -0.05) is 40.6 Å². The van der Waals surface area contributed by atoms with Gasteiger partial charge in [0.2, 0.25) is 0 Å². The maximum Gasteiger partial charge on any atom is 0.260 e. The number of rotatable bonds is 4. The van der Waals surface area contributed by atoms with Crippen LogP contribution in [0.5, 0.6) is 0 Å². The van der Waals surface area contributed by atoms with Crippen LogP contribution in [0.2, 0.25) is 10.0 Å². The number of hydrogen-bond donors (Lipinski definition) is 0. The first-order valence-electron chi connectivity index (χ1n) is 8.56. The summed E-state index contributed by atoms with van der Waals surface area (Å²) >= 11 is 13.7. The zero-order valence-electron chi connectivity index (χ0n) is 14.9. The molecule has 0 saturated heterocycles. The van der Waals surface area contributed by atoms with E-state index in [1.54, 1.807) is 35.4 Å². The largest absolute Gasteiger partial charge is 0.278 e. The molecule has 1 amide bonds. The third kappa shape index (κ3) is 3.74. The molecule has 0 unspecified atom stereocenters. The van der Waals surface area contributed by atoms with Gasteiger partial charge in [0.25, 0.3) is 5.91 Å². The zero-order valence-corrected chi connectivity index (χ0v) is 17.2. The molecule has 7 heteroatoms. The van der Waals surface area contributed by atoms with E-state index < -0.39 is 0 Å². The van der Waals surface area contributed by atoms with Gasteiger partial charge in [0, 0.05) is 21.8 Å². The molecular weight excluding hydrogens is 413 g/mol. The number of pyridine rings is 1. The molecule has 2 aromatic carbocycles. The molecule has 0 N–H and O–H groups in total. The predicted molar refractivity (Wildman–Crippen MR) is 116 cm³/mol. The lowest BCUT2D eigenvalue weighted by molar-refractivity contribution is 0.0985. The Morgan fingerprint density at radius 2 is 1.86 bits per heavy atom. The summed E-state index contributed by atoms with van der Waals surface area (Å²) in [5, 5.41) is 1.84. The van der Waals surface area contributed by atoms with Crippen LogP contribution >= 0.6 is 34.5 Å². The Labute approximate surface area is 176 Å². The van der Waals surface area contributed by atoms with Crippen molar-refractivity contribution in [2.24, 2.45) is 0 Å². The predicted octanol–water partition coefficient (Wildman–Crippen LogP) is 6.15. The molecule has 0 aliphatic heterocycles. The molecule has 4 rings (SSSR count). The Morgan fingerprint density at radius 1 is 1.07 bits per heavy atom. The molecular formula is C21H15Cl2N3OS. The SMILES string of the molecule is Cc1c(Cl)ccc2sc(N(Cc3ccccn3)C(=O)c3ccc(Cl)cc3)nc12. The summed E-state index contributed by atoms with van der Waals surface area (Å²) < 4.78 is 0.979. The van der Waals surface area contributed by atoms with Crippen molar-refractivity contribution >= 4 is 55.8 Å². The van der Waals surface area contributed by atoms with E-state index in [2.05, 4.69) is 4.98 Å². The van der Waals surface area contributed by atoms with Crippen LogP contribution in [0, 0.1) is 6.92 Å². The summed E-state index contributed by atoms with van der Waals surface area (Å²) in [5.74, 6) is -0.162. The van der Waals surface area contributed by atoms with Crippen LogP contribution in [0.15, 0.2) is 60.8 Å². The van der Waals surface area contributed by atoms with Crippen LogP contribution in [0.3, 0.4) is 0 Å². The molecule has 0 bridgehead atoms. The minimum Gasteiger partial charge on any atom is -0.278 e. The van der Waals surface area contributed by atoms with Gasteiger partial charge in [0.15, 0.2) is 5.13 Å². The van der Waals surface area contributed by atoms with Crippen LogP contribution in [-0.4, -0.2) is 15.9 Å². The first-order chi connectivity index (χ1) is 13.5. The van der Waals surface area contributed by atoms with Crippen molar-refractivity contribution in [1.82, 2.24) is 9.97 Å². The van der Waals surface area contributed by atoms with Crippen LogP contribution in [0.1, 0.15) is 21.6 Å². The average molecular weight is 428 g/mol. The van der Waals surface area contributed by atoms with E-state index >= 15 is 0 Å². The van der Waals surface area contributed by atoms with Crippen molar-refractivity contribution in [3.8, 4) is 0 Å². The fourth-order valence-electron chi connectivity index (χ4n) is 2.83. The number of aromatic nitrogens is 2. The highest BCUT2D eigenvalue weighted by molar-refractivity contribution is 7.22. The summed E-state index contributed by atoms with van der Waals surface area (Å²) in [5.41, 5.74) is 3.02. The van der Waals surface area contributed by atoms with Gasteiger partial charge in [-0.3, -0.25) is 14.7 Å². The lowest BCUT2D eigenvalue weighted by Crippen LogP contribution is -2.30. The molecule has 0 radical (unpaired) electrons. The number of benzene rings is 2. The topological polar surface area (TPSA) is 46.1 Å². The van der Waals surface area contributed by atoms with Crippen molar-refractivity contribution in [3.05, 3.63) is 87.7 Å². The lowest BCUT2D eigenvalue weighted by Gasteiger charge is -2.19. The number of fused-ring (bicyclic) bond motifs is 1. The van der Waals surface area contributed by atoms with Gasteiger partial charge in [0.05, 0.1) is 22.5 Å². The Kier molecular flexibility index (Phi) is 5.31. The van der Waals surface area contributed by atoms with E-state index in [1.807, 2.05) is 37.3 Å². The summed E-state index contributed by atoms with van der Waals surface area (Å²) in [4.78, 5) is 24.0. The highest BCUT2D eigenvalue weighted by Crippen LogP contribution is 2.34. The third-order valence-corrected chi connectivity index (χ3v) is 6.06. The maximum absolute atomic E-state index is 13.3. The third-order valence-electron chi connectivity index (χ3n) is 4.35. The minimum absolute atomic E-state index is 0.162. The number of halogens is 2. The van der Waals surface area contributed by atoms with Crippen molar-refractivity contribution < 1.29 is 4.79 Å². The number of thiazole rings is 1. The first-order valence-corrected chi connectivity index (χ1v) is 10.1. The Morgan fingerprint density at radius 3 is 2.57 bits per heavy atom. The second-order valence-corrected chi connectivity index (χ2v) is 8.09. The minimum atomic E-state index is -0.162. The number of carbonyl (C=O) groups excluding carboxylic acids is 1. The second kappa shape index (κ2) is 7.87. The smallest absolute Gasteiger partial charge is 0.260 e. The molecule has 4 nitrogen and oxygen atoms in total. The van der Waals surface area contributed by atoms with Crippen molar-refractivity contribution in [3.63, 3.8) is 0 Å². The summed E-state index contributed by atoms with van der Waals surface area (Å²) in [6.07, 6.45) is 1.71. The number of amides is 1. The summed E-state index contributed by atoms with van der Waals surface area (Å²) in [6, 6.07) is 16.2. The van der Waals surface area contributed by atoms with Gasteiger partial charge in [-0.2, -0.15) is 0 Å². The van der Waals surface area contributed by atoms with Crippen molar-refractivity contribution in [2.45, 2.75) is 13.5 Å². The quantitative estimate of drug-likeness (QED) is 0.392. The molecule has 0 fully saturated rings. The molecule has 28 heavy (non-hydrogen) atoms. The van der Waals surface area contributed by atoms with Crippen molar-refractivity contribution in [1.29, 1.82) is 0 Å². The summed E-state index contributed by atoms with van der Waals surface area (Å²) in [7, 11) is 0. The molecule has 2 heterocycles. The van der Waals surface area contributed by atoms with Crippen molar-refractivity contribution in [2.75, 3.05) is 4.90 Å². The normalized spacial score (nSPS) is 11.0. The number of carbonyl (C=O) groups is 1. The molecule has 0 saturated carbocycles. The van der Waals surface area contributed by atoms with E-state index in [0.29, 0.717) is 27.3 Å². The van der Waals surface area contributed by atoms with Crippen LogP contribution in [0.25, 0.3) is 10.2 Å². The maximum atomic E-state index is 13.3. The highest BCUT2D eigenvalue weighted by atomic mass is 35.5. The average Bonchev–Trinajstić information content (AvgIpc) is 3.15. The molecule has 0 spiro atoms. The first kappa shape index (κ1) is 18.9. The fourth-order valence-corrected chi connectivity index (χ4v) is 4.13. The van der Waals surface area contributed by atoms with Gasteiger partial charge in [-0.05, 0) is 61.0 Å². The van der Waals surface area contributed by atoms with Gasteiger partial charge in [-0.25, -0.2) is 4.98 Å². The van der Waals surface area contributed by atoms with Gasteiger partial charge in [0.1, 0.15) is 0 Å². The number of hydrogen-bond acceptors (Lipinski definition) is 4. The Hall–Kier alpha value is -2.47. The fraction of sp³-hybridized carbons (Fsp3) is 0.0952. The number of nitrogens with zero attached hydrogens (tertiary/aromatic N) is 3. The Balaban J connectivity index is 1.79. The molecule has 0 aliphatic rings. The number of anilines is 1. The second-order valence-electron chi connectivity index (χ2n) is 6.23. The molecule has 0 aliphatic carbocycles. The number of aryl methyl sites for hydroxylation is 1. The Bertz CT molecular complexity index is 1140. The van der Waals surface area contributed by atoms with E-state index in [0.717, 1.165) is 21.5 Å². The molecule has 4 aromatic rings. The zero-order chi connectivity index (χ0) is 19.7. The molecule has 140 valence electrons. The van der Waals surface area contributed by atoms with E-state index in [4.69, 9.17) is 28.2 Å². The van der Waals surface area contributed by atoms with E-state index in [1.165, 1.54) is 11.3 Å². The standard InChI is InChI=1S/C21H15Cl2N3OS/c1-13-17(23)9-10-18-19(13)25-21(28-18)26(12-16-4-2-3-11-24-16)20(27)14-5-7-15(22)8-6-14/h2-11H,12H2,1H3. The molecule has 0 atom stereocenters. The lowest BCUT2D eigenvalue weighted by atomic mass is 10.2. The van der Waals surface area contributed by atoms with E-state index in [9.17, 15) is 4.79 Å². The van der Waals surface area contributed by atoms with Crippen LogP contribution in [-0.2, 0) is 6.54 Å². The monoisotopic (exact) mass is 427 g/mol. The highest BCUT2D eigenvalue weighted by Gasteiger charge is 2.23. The van der Waals surface area contributed by atoms with Gasteiger partial charge < -0.3 is 0 Å². The van der Waals surface area contributed by atoms with Crippen LogP contribution < -0.4 is 4.90 Å². The van der Waals surface area contributed by atoms with Gasteiger partial charge >= 0.3 is 0 Å². The molecule has 2 aromatic heterocycles. The van der Waals surface area contributed by atoms with Crippen LogP contribution in [0.4, 0.5) is 5.13 Å². The van der Waals surface area contributed by atoms with E-state index in [-0.39, 0.29) is 5.91 Å². The summed E-state index contributed by atoms with van der Waals surface area (Å²) in [6.45, 7) is 2.24. The van der Waals surface area contributed by atoms with Gasteiger partial charge in [-0.15, -0.1) is 0 Å².